The highest BCUT2D eigenvalue weighted by Gasteiger charge is 2.20. The van der Waals surface area contributed by atoms with E-state index in [0.717, 1.165) is 42.1 Å². The molecule has 3 heteroatoms. The Labute approximate surface area is 224 Å². The molecule has 2 heterocycles. The summed E-state index contributed by atoms with van der Waals surface area (Å²) in [6, 6.07) is 14.7. The first-order chi connectivity index (χ1) is 20.6. The molecule has 0 aliphatic carbocycles. The number of thiophene rings is 1. The van der Waals surface area contributed by atoms with Gasteiger partial charge >= 0.3 is 0 Å². The minimum atomic E-state index is -0.419. The fourth-order valence-electron chi connectivity index (χ4n) is 5.15. The number of benzene rings is 6. The largest absolute Gasteiger partial charge is 0.456 e. The van der Waals surface area contributed by atoms with Gasteiger partial charge in [0.25, 0.3) is 0 Å². The zero-order valence-corrected chi connectivity index (χ0v) is 20.3. The Bertz CT molecular complexity index is 2490. The number of rotatable bonds is 1. The van der Waals surface area contributed by atoms with Gasteiger partial charge in [-0.3, -0.25) is 0 Å². The van der Waals surface area contributed by atoms with Crippen molar-refractivity contribution in [2.45, 2.75) is 0 Å². The average molecular weight is 538 g/mol. The standard InChI is InChI=1S/C32H17BrOS/c33-31-20-10-3-1-8-18(20)28(19-9-2-4-11-21(19)31)23-13-7-15-27-29(23)24-16-17-26-30(32(24)35-27)22-12-5-6-14-25(22)34-26/h1-17H/i1D,2D,3D,4D,8D,9D,10D,11D. The van der Waals surface area contributed by atoms with Gasteiger partial charge in [0, 0.05) is 35.4 Å². The lowest BCUT2D eigenvalue weighted by molar-refractivity contribution is 0.669. The summed E-state index contributed by atoms with van der Waals surface area (Å²) >= 11 is 5.09. The van der Waals surface area contributed by atoms with Crippen molar-refractivity contribution in [3.05, 3.63) is 107 Å². The molecule has 0 fully saturated rings. The first kappa shape index (κ1) is 13.4. The zero-order valence-electron chi connectivity index (χ0n) is 25.9. The fourth-order valence-corrected chi connectivity index (χ4v) is 7.02. The molecule has 0 saturated heterocycles. The second-order valence-corrected chi connectivity index (χ2v) is 10.2. The van der Waals surface area contributed by atoms with Crippen LogP contribution in [0, 0.1) is 0 Å². The van der Waals surface area contributed by atoms with E-state index in [1.165, 1.54) is 0 Å². The van der Waals surface area contributed by atoms with E-state index in [0.29, 0.717) is 11.1 Å². The second-order valence-electron chi connectivity index (χ2n) is 8.38. The molecule has 0 spiro atoms. The number of halogens is 1. The Morgan fingerprint density at radius 2 is 1.34 bits per heavy atom. The monoisotopic (exact) mass is 536 g/mol. The molecule has 1 nitrogen and oxygen atoms in total. The molecule has 8 aromatic rings. The summed E-state index contributed by atoms with van der Waals surface area (Å²) in [6.45, 7) is 0. The Kier molecular flexibility index (Phi) is 2.75. The van der Waals surface area contributed by atoms with Crippen LogP contribution in [0.5, 0.6) is 0 Å². The molecule has 2 aromatic heterocycles. The highest BCUT2D eigenvalue weighted by atomic mass is 79.9. The zero-order chi connectivity index (χ0) is 30.1. The van der Waals surface area contributed by atoms with E-state index >= 15 is 0 Å². The van der Waals surface area contributed by atoms with Crippen molar-refractivity contribution >= 4 is 90.9 Å². The van der Waals surface area contributed by atoms with Gasteiger partial charge in [-0.05, 0) is 72.9 Å². The molecular formula is C32H17BrOS. The Hall–Kier alpha value is -3.66. The van der Waals surface area contributed by atoms with Crippen molar-refractivity contribution in [3.8, 4) is 11.1 Å². The summed E-state index contributed by atoms with van der Waals surface area (Å²) in [5.41, 5.74) is 2.49. The van der Waals surface area contributed by atoms with E-state index in [-0.39, 0.29) is 50.2 Å². The topological polar surface area (TPSA) is 13.1 Å². The molecule has 0 atom stereocenters. The molecule has 0 aliphatic rings. The van der Waals surface area contributed by atoms with Crippen molar-refractivity contribution in [3.63, 3.8) is 0 Å². The van der Waals surface area contributed by atoms with Gasteiger partial charge in [0.15, 0.2) is 0 Å². The van der Waals surface area contributed by atoms with Gasteiger partial charge in [-0.25, -0.2) is 0 Å². The van der Waals surface area contributed by atoms with Gasteiger partial charge < -0.3 is 4.42 Å². The smallest absolute Gasteiger partial charge is 0.136 e. The number of hydrogen-bond acceptors (Lipinski definition) is 2. The summed E-state index contributed by atoms with van der Waals surface area (Å²) in [5, 5.41) is 4.43. The second kappa shape index (κ2) is 7.17. The Morgan fingerprint density at radius 1 is 0.629 bits per heavy atom. The fraction of sp³-hybridized carbons (Fsp3) is 0. The minimum Gasteiger partial charge on any atom is -0.456 e. The molecule has 0 unspecified atom stereocenters. The van der Waals surface area contributed by atoms with Gasteiger partial charge in [0.2, 0.25) is 0 Å². The van der Waals surface area contributed by atoms with E-state index in [4.69, 9.17) is 15.4 Å². The van der Waals surface area contributed by atoms with E-state index < -0.39 is 24.2 Å². The molecule has 0 bridgehead atoms. The number of hydrogen-bond donors (Lipinski definition) is 0. The van der Waals surface area contributed by atoms with Crippen molar-refractivity contribution in [2.75, 3.05) is 0 Å². The van der Waals surface area contributed by atoms with Gasteiger partial charge in [-0.2, -0.15) is 0 Å². The highest BCUT2D eigenvalue weighted by molar-refractivity contribution is 9.10. The lowest BCUT2D eigenvalue weighted by atomic mass is 9.90. The van der Waals surface area contributed by atoms with Crippen LogP contribution < -0.4 is 0 Å². The third-order valence-electron chi connectivity index (χ3n) is 6.59. The first-order valence-corrected chi connectivity index (χ1v) is 12.6. The van der Waals surface area contributed by atoms with Crippen LogP contribution in [0.2, 0.25) is 0 Å². The van der Waals surface area contributed by atoms with E-state index in [1.807, 2.05) is 54.6 Å². The molecule has 8 rings (SSSR count). The Morgan fingerprint density at radius 3 is 2.11 bits per heavy atom. The molecule has 35 heavy (non-hydrogen) atoms. The van der Waals surface area contributed by atoms with Crippen LogP contribution in [0.15, 0.2) is 112 Å². The van der Waals surface area contributed by atoms with Crippen molar-refractivity contribution < 1.29 is 15.4 Å². The maximum atomic E-state index is 9.01. The summed E-state index contributed by atoms with van der Waals surface area (Å²) < 4.78 is 77.7. The van der Waals surface area contributed by atoms with Gasteiger partial charge in [0.1, 0.15) is 11.2 Å². The molecule has 164 valence electrons. The quantitative estimate of drug-likeness (QED) is 0.190. The number of fused-ring (bicyclic) bond motifs is 9. The highest BCUT2D eigenvalue weighted by Crippen LogP contribution is 2.48. The molecule has 0 saturated carbocycles. The lowest BCUT2D eigenvalue weighted by Crippen LogP contribution is -1.88. The van der Waals surface area contributed by atoms with Crippen molar-refractivity contribution in [1.29, 1.82) is 0 Å². The molecule has 0 radical (unpaired) electrons. The van der Waals surface area contributed by atoms with Crippen molar-refractivity contribution in [2.24, 2.45) is 0 Å². The van der Waals surface area contributed by atoms with Crippen LogP contribution in [0.4, 0.5) is 0 Å². The van der Waals surface area contributed by atoms with Gasteiger partial charge in [0.05, 0.1) is 11.0 Å². The van der Waals surface area contributed by atoms with Crippen LogP contribution in [0.25, 0.3) is 74.8 Å². The minimum absolute atomic E-state index is 0.165. The van der Waals surface area contributed by atoms with Crippen LogP contribution in [0.1, 0.15) is 11.0 Å². The summed E-state index contributed by atoms with van der Waals surface area (Å²) in [4.78, 5) is 0. The molecule has 0 amide bonds. The predicted octanol–water partition coefficient (Wildman–Crippen LogP) is 10.7. The van der Waals surface area contributed by atoms with Crippen LogP contribution >= 0.6 is 27.3 Å². The maximum absolute atomic E-state index is 9.01. The van der Waals surface area contributed by atoms with E-state index in [1.54, 1.807) is 11.3 Å². The third-order valence-corrected chi connectivity index (χ3v) is 8.57. The van der Waals surface area contributed by atoms with Crippen LogP contribution in [-0.2, 0) is 0 Å². The maximum Gasteiger partial charge on any atom is 0.136 e. The first-order valence-electron chi connectivity index (χ1n) is 15.0. The molecular weight excluding hydrogens is 512 g/mol. The predicted molar refractivity (Wildman–Crippen MR) is 155 cm³/mol. The number of furan rings is 1. The van der Waals surface area contributed by atoms with Crippen LogP contribution in [0.3, 0.4) is 0 Å². The van der Waals surface area contributed by atoms with Crippen LogP contribution in [-0.4, -0.2) is 0 Å². The third kappa shape index (κ3) is 2.63. The average Bonchev–Trinajstić information content (AvgIpc) is 3.58. The SMILES string of the molecule is [2H]c1c([2H])c([2H])c2c(-c3cccc4sc5c(ccc6oc7ccccc7c65)c34)c3c([2H])c([2H])c([2H])c([2H])c3c(Br)c2c1[2H]. The van der Waals surface area contributed by atoms with Gasteiger partial charge in [-0.1, -0.05) is 78.7 Å². The summed E-state index contributed by atoms with van der Waals surface area (Å²) in [6.07, 6.45) is 0. The summed E-state index contributed by atoms with van der Waals surface area (Å²) in [5.74, 6) is 0. The van der Waals surface area contributed by atoms with E-state index in [2.05, 4.69) is 15.9 Å². The summed E-state index contributed by atoms with van der Waals surface area (Å²) in [7, 11) is 0. The molecule has 0 N–H and O–H groups in total. The molecule has 0 aliphatic heterocycles. The number of para-hydroxylation sites is 1. The molecule has 6 aromatic carbocycles. The Balaban J connectivity index is 1.67. The van der Waals surface area contributed by atoms with E-state index in [9.17, 15) is 0 Å². The normalized spacial score (nSPS) is 15.3. The lowest BCUT2D eigenvalue weighted by Gasteiger charge is -2.15. The van der Waals surface area contributed by atoms with Crippen molar-refractivity contribution in [1.82, 2.24) is 0 Å². The van der Waals surface area contributed by atoms with Gasteiger partial charge in [-0.15, -0.1) is 11.3 Å².